The molecule has 0 radical (unpaired) electrons. The Kier molecular flexibility index (Phi) is 4.47. The number of nitrogens with zero attached hydrogens (tertiary/aromatic N) is 2. The molecule has 2 unspecified atom stereocenters. The van der Waals surface area contributed by atoms with Crippen molar-refractivity contribution in [1.29, 1.82) is 0 Å². The highest BCUT2D eigenvalue weighted by Crippen LogP contribution is 2.76. The van der Waals surface area contributed by atoms with E-state index >= 15 is 0 Å². The summed E-state index contributed by atoms with van der Waals surface area (Å²) in [7, 11) is 5.98. The molecule has 4 aliphatic carbocycles. The largest absolute Gasteiger partial charge is 0.493 e. The summed E-state index contributed by atoms with van der Waals surface area (Å²) in [5.74, 6) is 2.15. The Morgan fingerprint density at radius 2 is 1.97 bits per heavy atom. The van der Waals surface area contributed by atoms with E-state index < -0.39 is 0 Å². The van der Waals surface area contributed by atoms with E-state index in [4.69, 9.17) is 18.9 Å². The molecule has 4 fully saturated rings. The molecule has 4 bridgehead atoms. The van der Waals surface area contributed by atoms with E-state index in [9.17, 15) is 0 Å². The van der Waals surface area contributed by atoms with Gasteiger partial charge < -0.3 is 23.8 Å². The quantitative estimate of drug-likeness (QED) is 0.652. The molecule has 6 nitrogen and oxygen atoms in total. The lowest BCUT2D eigenvalue weighted by Crippen LogP contribution is -2.81. The van der Waals surface area contributed by atoms with E-state index in [-0.39, 0.29) is 22.5 Å². The van der Waals surface area contributed by atoms with E-state index in [0.717, 1.165) is 49.3 Å². The van der Waals surface area contributed by atoms with E-state index in [1.807, 2.05) is 31.6 Å². The summed E-state index contributed by atoms with van der Waals surface area (Å²) in [4.78, 5) is 6.76. The molecule has 2 aliphatic heterocycles. The lowest BCUT2D eigenvalue weighted by atomic mass is 9.35. The predicted octanol–water partition coefficient (Wildman–Crippen LogP) is 3.75. The van der Waals surface area contributed by atoms with Crippen molar-refractivity contribution in [2.24, 2.45) is 11.3 Å². The fraction of sp³-hybridized carbons (Fsp3) is 0.607. The molecule has 180 valence electrons. The van der Waals surface area contributed by atoms with E-state index in [1.165, 1.54) is 17.5 Å². The van der Waals surface area contributed by atoms with Crippen LogP contribution in [0.4, 0.5) is 0 Å². The van der Waals surface area contributed by atoms with Crippen LogP contribution < -0.4 is 9.47 Å². The fourth-order valence-electron chi connectivity index (χ4n) is 8.97. The van der Waals surface area contributed by atoms with E-state index in [1.54, 1.807) is 7.11 Å². The second-order valence-electron chi connectivity index (χ2n) is 11.1. The summed E-state index contributed by atoms with van der Waals surface area (Å²) in [6.45, 7) is 2.39. The first kappa shape index (κ1) is 21.2. The molecule has 1 aromatic heterocycles. The van der Waals surface area contributed by atoms with Crippen LogP contribution in [0.1, 0.15) is 42.4 Å². The number of hydrogen-bond donors (Lipinski definition) is 0. The Bertz CT molecular complexity index is 1120. The molecule has 6 heteroatoms. The van der Waals surface area contributed by atoms with Gasteiger partial charge in [0.05, 0.1) is 20.3 Å². The molecule has 6 atom stereocenters. The Morgan fingerprint density at radius 1 is 1.12 bits per heavy atom. The van der Waals surface area contributed by atoms with Gasteiger partial charge in [-0.15, -0.1) is 0 Å². The zero-order valence-corrected chi connectivity index (χ0v) is 20.4. The molecule has 2 aromatic rings. The SMILES string of the molecule is COc1ccc2c3c1O[C@@H]1C34CCN(C)[C@H](C2)C42CC[C@@]1(OC)[C@@H](COCc1ccncc1)C2. The lowest BCUT2D eigenvalue weighted by Gasteiger charge is -2.73. The molecule has 3 saturated carbocycles. The van der Waals surface area contributed by atoms with E-state index in [2.05, 4.69) is 29.1 Å². The van der Waals surface area contributed by atoms with Crippen molar-refractivity contribution in [2.75, 3.05) is 34.4 Å². The molecule has 8 rings (SSSR count). The van der Waals surface area contributed by atoms with Crippen LogP contribution in [0.5, 0.6) is 11.5 Å². The fourth-order valence-corrected chi connectivity index (χ4v) is 8.97. The molecule has 0 amide bonds. The van der Waals surface area contributed by atoms with Crippen molar-refractivity contribution in [1.82, 2.24) is 9.88 Å². The third-order valence-corrected chi connectivity index (χ3v) is 10.3. The van der Waals surface area contributed by atoms with Gasteiger partial charge in [-0.1, -0.05) is 6.07 Å². The first-order valence-electron chi connectivity index (χ1n) is 12.7. The summed E-state index contributed by atoms with van der Waals surface area (Å²) in [5.41, 5.74) is 3.88. The molecule has 0 N–H and O–H groups in total. The molecule has 1 aromatic carbocycles. The summed E-state index contributed by atoms with van der Waals surface area (Å²) in [5, 5.41) is 0. The molecule has 1 saturated heterocycles. The minimum absolute atomic E-state index is 0.00249. The zero-order valence-electron chi connectivity index (χ0n) is 20.4. The Labute approximate surface area is 201 Å². The number of piperidine rings is 1. The van der Waals surface area contributed by atoms with Crippen molar-refractivity contribution in [3.63, 3.8) is 0 Å². The van der Waals surface area contributed by atoms with Crippen molar-refractivity contribution < 1.29 is 18.9 Å². The van der Waals surface area contributed by atoms with Gasteiger partial charge in [0, 0.05) is 47.9 Å². The highest BCUT2D eigenvalue weighted by atomic mass is 16.6. The topological polar surface area (TPSA) is 53.1 Å². The number of methoxy groups -OCH3 is 2. The minimum Gasteiger partial charge on any atom is -0.493 e. The van der Waals surface area contributed by atoms with Crippen LogP contribution in [0.3, 0.4) is 0 Å². The van der Waals surface area contributed by atoms with Crippen molar-refractivity contribution in [2.45, 2.75) is 61.9 Å². The Balaban J connectivity index is 1.33. The number of aromatic nitrogens is 1. The van der Waals surface area contributed by atoms with Crippen LogP contribution in [-0.2, 0) is 27.9 Å². The molecular weight excluding hydrogens is 428 g/mol. The zero-order chi connectivity index (χ0) is 23.1. The third-order valence-electron chi connectivity index (χ3n) is 10.3. The minimum atomic E-state index is -0.348. The number of fused-ring (bicyclic) bond motifs is 2. The van der Waals surface area contributed by atoms with Crippen LogP contribution in [-0.4, -0.2) is 62.0 Å². The van der Waals surface area contributed by atoms with Gasteiger partial charge in [-0.25, -0.2) is 0 Å². The molecule has 2 spiro atoms. The van der Waals surface area contributed by atoms with Crippen LogP contribution in [0, 0.1) is 11.3 Å². The monoisotopic (exact) mass is 462 g/mol. The van der Waals surface area contributed by atoms with Crippen LogP contribution in [0.2, 0.25) is 0 Å². The molecular formula is C28H34N2O4. The average molecular weight is 463 g/mol. The summed E-state index contributed by atoms with van der Waals surface area (Å²) < 4.78 is 25.8. The summed E-state index contributed by atoms with van der Waals surface area (Å²) in [6, 6.07) is 8.97. The van der Waals surface area contributed by atoms with Gasteiger partial charge in [-0.3, -0.25) is 4.98 Å². The third kappa shape index (κ3) is 2.35. The van der Waals surface area contributed by atoms with Crippen molar-refractivity contribution >= 4 is 0 Å². The Hall–Kier alpha value is -2.15. The van der Waals surface area contributed by atoms with Gasteiger partial charge in [0.2, 0.25) is 0 Å². The van der Waals surface area contributed by atoms with Gasteiger partial charge in [-0.2, -0.15) is 0 Å². The Morgan fingerprint density at radius 3 is 2.76 bits per heavy atom. The number of rotatable bonds is 6. The average Bonchev–Trinajstić information content (AvgIpc) is 3.24. The predicted molar refractivity (Wildman–Crippen MR) is 127 cm³/mol. The number of likely N-dealkylation sites (tertiary alicyclic amines) is 1. The van der Waals surface area contributed by atoms with Gasteiger partial charge in [0.25, 0.3) is 0 Å². The van der Waals surface area contributed by atoms with Gasteiger partial charge >= 0.3 is 0 Å². The van der Waals surface area contributed by atoms with Crippen LogP contribution in [0.25, 0.3) is 0 Å². The summed E-state index contributed by atoms with van der Waals surface area (Å²) in [6.07, 6.45) is 9.20. The second-order valence-corrected chi connectivity index (χ2v) is 11.1. The van der Waals surface area contributed by atoms with Gasteiger partial charge in [-0.05, 0) is 75.0 Å². The number of pyridine rings is 1. The highest BCUT2D eigenvalue weighted by Gasteiger charge is 2.80. The van der Waals surface area contributed by atoms with Crippen LogP contribution >= 0.6 is 0 Å². The van der Waals surface area contributed by atoms with Gasteiger partial charge in [0.15, 0.2) is 11.5 Å². The maximum absolute atomic E-state index is 7.02. The van der Waals surface area contributed by atoms with E-state index in [0.29, 0.717) is 25.2 Å². The number of benzene rings is 1. The number of ether oxygens (including phenoxy) is 4. The highest BCUT2D eigenvalue weighted by molar-refractivity contribution is 5.63. The first-order valence-corrected chi connectivity index (χ1v) is 12.7. The smallest absolute Gasteiger partial charge is 0.165 e. The van der Waals surface area contributed by atoms with Crippen molar-refractivity contribution in [3.8, 4) is 11.5 Å². The number of likely N-dealkylation sites (N-methyl/N-ethyl adjacent to an activating group) is 1. The molecule has 34 heavy (non-hydrogen) atoms. The maximum Gasteiger partial charge on any atom is 0.165 e. The second kappa shape index (κ2) is 7.19. The standard InChI is InChI=1S/C28H34N2O4/c1-30-13-10-27-23-19-4-5-21(31-2)24(23)34-25(27)28(32-3)9-8-26(27,22(30)14-19)15-20(28)17-33-16-18-6-11-29-12-7-18/h4-7,11-12,20,22,25H,8-10,13-17H2,1-3H3/t20-,22-,25-,26?,27?,28-/m1/s1. The van der Waals surface area contributed by atoms with Gasteiger partial charge in [0.1, 0.15) is 11.7 Å². The first-order chi connectivity index (χ1) is 16.6. The molecule has 3 heterocycles. The number of hydrogen-bond acceptors (Lipinski definition) is 6. The van der Waals surface area contributed by atoms with Crippen molar-refractivity contribution in [3.05, 3.63) is 53.3 Å². The normalized spacial score (nSPS) is 39.0. The van der Waals surface area contributed by atoms with Crippen LogP contribution in [0.15, 0.2) is 36.7 Å². The summed E-state index contributed by atoms with van der Waals surface area (Å²) >= 11 is 0. The molecule has 6 aliphatic rings. The lowest BCUT2D eigenvalue weighted by molar-refractivity contribution is -0.282. The maximum atomic E-state index is 7.02.